The first-order chi connectivity index (χ1) is 7.52. The lowest BCUT2D eigenvalue weighted by Crippen LogP contribution is -2.45. The molecule has 0 bridgehead atoms. The number of hydrogen-bond donors (Lipinski definition) is 4. The lowest BCUT2D eigenvalue weighted by atomic mass is 9.76. The Bertz CT molecular complexity index is 351. The van der Waals surface area contributed by atoms with Gasteiger partial charge in [0.1, 0.15) is 6.04 Å². The van der Waals surface area contributed by atoms with Crippen LogP contribution in [0.4, 0.5) is 0 Å². The van der Waals surface area contributed by atoms with Crippen molar-refractivity contribution < 1.29 is 19.9 Å². The number of hydrogen-bond acceptors (Lipinski definition) is 4. The Morgan fingerprint density at radius 1 is 1.50 bits per heavy atom. The molecule has 0 aromatic rings. The molecule has 0 heterocycles. The number of rotatable bonds is 4. The third kappa shape index (κ3) is 2.47. The molecule has 88 valence electrons. The van der Waals surface area contributed by atoms with E-state index in [-0.39, 0.29) is 6.42 Å². The van der Waals surface area contributed by atoms with Crippen LogP contribution >= 0.6 is 0 Å². The minimum atomic E-state index is -1.17. The summed E-state index contributed by atoms with van der Waals surface area (Å²) in [7, 11) is 0. The number of carboxylic acid groups (broad SMARTS) is 1. The van der Waals surface area contributed by atoms with Crippen LogP contribution in [0.2, 0.25) is 0 Å². The third-order valence-electron chi connectivity index (χ3n) is 2.60. The van der Waals surface area contributed by atoms with E-state index >= 15 is 0 Å². The molecule has 0 aromatic heterocycles. The molecule has 0 aliphatic heterocycles. The van der Waals surface area contributed by atoms with Gasteiger partial charge in [-0.25, -0.2) is 5.48 Å². The number of carbonyl (C=O) groups excluding carboxylic acids is 1. The first kappa shape index (κ1) is 12.4. The molecule has 0 aromatic carbocycles. The Morgan fingerprint density at radius 3 is 2.62 bits per heavy atom. The Morgan fingerprint density at radius 2 is 2.19 bits per heavy atom. The molecule has 2 atom stereocenters. The highest BCUT2D eigenvalue weighted by Crippen LogP contribution is 2.33. The highest BCUT2D eigenvalue weighted by Gasteiger charge is 2.38. The Labute approximate surface area is 92.4 Å². The Balaban J connectivity index is 2.88. The van der Waals surface area contributed by atoms with Crippen molar-refractivity contribution in [2.75, 3.05) is 0 Å². The van der Waals surface area contributed by atoms with E-state index in [0.717, 1.165) is 0 Å². The number of hydroxylamine groups is 1. The summed E-state index contributed by atoms with van der Waals surface area (Å²) in [5.41, 5.74) is 5.87. The quantitative estimate of drug-likeness (QED) is 0.391. The van der Waals surface area contributed by atoms with Gasteiger partial charge in [0.05, 0.1) is 5.41 Å². The summed E-state index contributed by atoms with van der Waals surface area (Å²) in [6.45, 7) is 0. The minimum Gasteiger partial charge on any atom is -0.480 e. The van der Waals surface area contributed by atoms with Gasteiger partial charge < -0.3 is 10.8 Å². The van der Waals surface area contributed by atoms with Gasteiger partial charge in [-0.05, 0) is 12.8 Å². The SMILES string of the molecule is NC(CC1(C(=O)NO)C=CC=CC1)C(=O)O. The van der Waals surface area contributed by atoms with E-state index in [1.54, 1.807) is 29.8 Å². The van der Waals surface area contributed by atoms with Crippen LogP contribution in [0, 0.1) is 5.41 Å². The summed E-state index contributed by atoms with van der Waals surface area (Å²) >= 11 is 0. The summed E-state index contributed by atoms with van der Waals surface area (Å²) in [5.74, 6) is -1.82. The fraction of sp³-hybridized carbons (Fsp3) is 0.400. The first-order valence-electron chi connectivity index (χ1n) is 4.79. The van der Waals surface area contributed by atoms with Crippen LogP contribution < -0.4 is 11.2 Å². The number of nitrogens with one attached hydrogen (secondary N) is 1. The van der Waals surface area contributed by atoms with Gasteiger partial charge in [-0.1, -0.05) is 24.3 Å². The van der Waals surface area contributed by atoms with Crippen molar-refractivity contribution in [3.05, 3.63) is 24.3 Å². The van der Waals surface area contributed by atoms with Crippen LogP contribution in [-0.4, -0.2) is 28.2 Å². The van der Waals surface area contributed by atoms with Gasteiger partial charge in [-0.2, -0.15) is 0 Å². The predicted octanol–water partition coefficient (Wildman–Crippen LogP) is -0.204. The maximum atomic E-state index is 11.6. The van der Waals surface area contributed by atoms with Crippen LogP contribution in [0.15, 0.2) is 24.3 Å². The van der Waals surface area contributed by atoms with Gasteiger partial charge in [0.25, 0.3) is 5.91 Å². The van der Waals surface area contributed by atoms with Gasteiger partial charge in [-0.15, -0.1) is 0 Å². The largest absolute Gasteiger partial charge is 0.480 e. The lowest BCUT2D eigenvalue weighted by Gasteiger charge is -2.29. The molecule has 16 heavy (non-hydrogen) atoms. The topological polar surface area (TPSA) is 113 Å². The van der Waals surface area contributed by atoms with Gasteiger partial charge >= 0.3 is 5.97 Å². The highest BCUT2D eigenvalue weighted by atomic mass is 16.5. The van der Waals surface area contributed by atoms with E-state index in [1.807, 2.05) is 0 Å². The number of aliphatic carboxylic acids is 1. The number of nitrogens with two attached hydrogens (primary N) is 1. The molecule has 5 N–H and O–H groups in total. The van der Waals surface area contributed by atoms with Crippen molar-refractivity contribution in [1.29, 1.82) is 0 Å². The summed E-state index contributed by atoms with van der Waals surface area (Å²) in [6.07, 6.45) is 6.92. The number of carbonyl (C=O) groups is 2. The zero-order valence-electron chi connectivity index (χ0n) is 8.59. The van der Waals surface area contributed by atoms with Gasteiger partial charge in [0, 0.05) is 0 Å². The van der Waals surface area contributed by atoms with Crippen LogP contribution in [0.5, 0.6) is 0 Å². The van der Waals surface area contributed by atoms with E-state index in [9.17, 15) is 9.59 Å². The molecule has 1 rings (SSSR count). The monoisotopic (exact) mass is 226 g/mol. The molecule has 1 aliphatic rings. The second kappa shape index (κ2) is 4.91. The van der Waals surface area contributed by atoms with Gasteiger partial charge in [-0.3, -0.25) is 14.8 Å². The molecule has 2 unspecified atom stereocenters. The second-order valence-electron chi connectivity index (χ2n) is 3.74. The van der Waals surface area contributed by atoms with E-state index in [1.165, 1.54) is 0 Å². The molecule has 1 aliphatic carbocycles. The maximum absolute atomic E-state index is 11.6. The predicted molar refractivity (Wildman–Crippen MR) is 55.5 cm³/mol. The fourth-order valence-corrected chi connectivity index (χ4v) is 1.67. The van der Waals surface area contributed by atoms with Crippen molar-refractivity contribution in [2.45, 2.75) is 18.9 Å². The average Bonchev–Trinajstić information content (AvgIpc) is 2.29. The van der Waals surface area contributed by atoms with E-state index < -0.39 is 23.3 Å². The minimum absolute atomic E-state index is 0.0600. The Kier molecular flexibility index (Phi) is 3.81. The number of allylic oxidation sites excluding steroid dienone is 3. The maximum Gasteiger partial charge on any atom is 0.320 e. The second-order valence-corrected chi connectivity index (χ2v) is 3.74. The lowest BCUT2D eigenvalue weighted by molar-refractivity contribution is -0.142. The molecular formula is C10H14N2O4. The summed E-state index contributed by atoms with van der Waals surface area (Å²) in [4.78, 5) is 22.2. The van der Waals surface area contributed by atoms with Crippen molar-refractivity contribution in [2.24, 2.45) is 11.1 Å². The van der Waals surface area contributed by atoms with Crippen LogP contribution in [0.3, 0.4) is 0 Å². The van der Waals surface area contributed by atoms with E-state index in [4.69, 9.17) is 16.0 Å². The molecule has 6 heteroatoms. The Hall–Kier alpha value is -1.66. The smallest absolute Gasteiger partial charge is 0.320 e. The zero-order chi connectivity index (χ0) is 12.2. The molecule has 1 amide bonds. The van der Waals surface area contributed by atoms with Crippen LogP contribution in [0.1, 0.15) is 12.8 Å². The molecule has 0 saturated heterocycles. The molecule has 0 radical (unpaired) electrons. The van der Waals surface area contributed by atoms with Gasteiger partial charge in [0.2, 0.25) is 0 Å². The van der Waals surface area contributed by atoms with Crippen molar-refractivity contribution in [3.63, 3.8) is 0 Å². The standard InChI is InChI=1S/C10H14N2O4/c11-7(8(13)14)6-10(9(15)12-16)4-2-1-3-5-10/h1-4,7,16H,5-6,11H2,(H,12,15)(H,13,14). The van der Waals surface area contributed by atoms with E-state index in [0.29, 0.717) is 6.42 Å². The van der Waals surface area contributed by atoms with Crippen molar-refractivity contribution >= 4 is 11.9 Å². The number of amides is 1. The van der Waals surface area contributed by atoms with Crippen molar-refractivity contribution in [1.82, 2.24) is 5.48 Å². The fourth-order valence-electron chi connectivity index (χ4n) is 1.67. The highest BCUT2D eigenvalue weighted by molar-refractivity contribution is 5.85. The number of carboxylic acids is 1. The zero-order valence-corrected chi connectivity index (χ0v) is 8.59. The van der Waals surface area contributed by atoms with E-state index in [2.05, 4.69) is 0 Å². The first-order valence-corrected chi connectivity index (χ1v) is 4.79. The molecule has 0 saturated carbocycles. The summed E-state index contributed by atoms with van der Waals surface area (Å²) < 4.78 is 0. The molecule has 6 nitrogen and oxygen atoms in total. The summed E-state index contributed by atoms with van der Waals surface area (Å²) in [5, 5.41) is 17.4. The van der Waals surface area contributed by atoms with Gasteiger partial charge in [0.15, 0.2) is 0 Å². The third-order valence-corrected chi connectivity index (χ3v) is 2.60. The average molecular weight is 226 g/mol. The summed E-state index contributed by atoms with van der Waals surface area (Å²) in [6, 6.07) is -1.14. The van der Waals surface area contributed by atoms with Crippen LogP contribution in [-0.2, 0) is 9.59 Å². The van der Waals surface area contributed by atoms with Crippen LogP contribution in [0.25, 0.3) is 0 Å². The normalized spacial score (nSPS) is 25.1. The molecular weight excluding hydrogens is 212 g/mol. The molecule has 0 spiro atoms. The van der Waals surface area contributed by atoms with Crippen molar-refractivity contribution in [3.8, 4) is 0 Å². The molecule has 0 fully saturated rings.